The summed E-state index contributed by atoms with van der Waals surface area (Å²) in [5.74, 6) is 1.02. The van der Waals surface area contributed by atoms with Gasteiger partial charge in [-0.3, -0.25) is 0 Å². The molecule has 0 unspecified atom stereocenters. The van der Waals surface area contributed by atoms with Gasteiger partial charge < -0.3 is 4.90 Å². The summed E-state index contributed by atoms with van der Waals surface area (Å²) in [6.45, 7) is 1.92. The zero-order valence-electron chi connectivity index (χ0n) is 9.26. The van der Waals surface area contributed by atoms with Gasteiger partial charge in [0.1, 0.15) is 0 Å². The Morgan fingerprint density at radius 1 is 1.35 bits per heavy atom. The topological polar surface area (TPSA) is 39.9 Å². The molecular formula is C13H11N3S. The average Bonchev–Trinajstić information content (AvgIpc) is 2.82. The molecule has 0 spiro atoms. The highest BCUT2D eigenvalue weighted by Gasteiger charge is 2.14. The van der Waals surface area contributed by atoms with Crippen LogP contribution in [0.4, 0.5) is 5.82 Å². The van der Waals surface area contributed by atoms with Crippen molar-refractivity contribution in [2.75, 3.05) is 18.0 Å². The lowest BCUT2D eigenvalue weighted by molar-refractivity contribution is 0.815. The van der Waals surface area contributed by atoms with Crippen molar-refractivity contribution in [3.63, 3.8) is 0 Å². The average molecular weight is 241 g/mol. The zero-order valence-corrected chi connectivity index (χ0v) is 10.1. The van der Waals surface area contributed by atoms with Gasteiger partial charge in [-0.1, -0.05) is 12.2 Å². The number of hydrogen-bond donors (Lipinski definition) is 0. The molecule has 0 aliphatic carbocycles. The van der Waals surface area contributed by atoms with Crippen molar-refractivity contribution in [1.82, 2.24) is 4.37 Å². The van der Waals surface area contributed by atoms with Gasteiger partial charge in [0, 0.05) is 18.5 Å². The molecule has 0 amide bonds. The third-order valence-corrected chi connectivity index (χ3v) is 3.75. The summed E-state index contributed by atoms with van der Waals surface area (Å²) < 4.78 is 5.67. The van der Waals surface area contributed by atoms with E-state index in [-0.39, 0.29) is 0 Å². The van der Waals surface area contributed by atoms with Crippen LogP contribution < -0.4 is 4.90 Å². The molecule has 3 rings (SSSR count). The first kappa shape index (κ1) is 10.3. The standard InChI is InChI=1S/C13H11N3S/c14-9-10-4-5-12-11(8-10)13(15-17-12)16-6-2-1-3-7-16/h1-2,4-5,8H,3,6-7H2. The highest BCUT2D eigenvalue weighted by atomic mass is 32.1. The molecular weight excluding hydrogens is 230 g/mol. The molecule has 4 heteroatoms. The molecule has 0 radical (unpaired) electrons. The van der Waals surface area contributed by atoms with E-state index in [2.05, 4.69) is 27.5 Å². The Labute approximate surface area is 104 Å². The minimum Gasteiger partial charge on any atom is -0.351 e. The zero-order chi connectivity index (χ0) is 11.7. The number of aromatic nitrogens is 1. The molecule has 17 heavy (non-hydrogen) atoms. The van der Waals surface area contributed by atoms with E-state index in [0.29, 0.717) is 5.56 Å². The fourth-order valence-corrected chi connectivity index (χ4v) is 2.83. The number of hydrogen-bond acceptors (Lipinski definition) is 4. The van der Waals surface area contributed by atoms with E-state index >= 15 is 0 Å². The predicted molar refractivity (Wildman–Crippen MR) is 70.3 cm³/mol. The SMILES string of the molecule is N#Cc1ccc2snc(N3CC=CCC3)c2c1. The Balaban J connectivity index is 2.10. The van der Waals surface area contributed by atoms with Crippen LogP contribution in [0.2, 0.25) is 0 Å². The summed E-state index contributed by atoms with van der Waals surface area (Å²) in [5.41, 5.74) is 0.700. The number of anilines is 1. The Morgan fingerprint density at radius 3 is 3.06 bits per heavy atom. The largest absolute Gasteiger partial charge is 0.351 e. The van der Waals surface area contributed by atoms with E-state index in [0.717, 1.165) is 35.4 Å². The number of nitriles is 1. The summed E-state index contributed by atoms with van der Waals surface area (Å²) >= 11 is 1.50. The van der Waals surface area contributed by atoms with Gasteiger partial charge in [-0.15, -0.1) is 0 Å². The quantitative estimate of drug-likeness (QED) is 0.721. The molecule has 0 atom stereocenters. The highest BCUT2D eigenvalue weighted by molar-refractivity contribution is 7.13. The molecule has 0 bridgehead atoms. The number of rotatable bonds is 1. The molecule has 3 nitrogen and oxygen atoms in total. The Kier molecular flexibility index (Phi) is 2.54. The fourth-order valence-electron chi connectivity index (χ4n) is 2.06. The molecule has 1 aromatic heterocycles. The van der Waals surface area contributed by atoms with Crippen molar-refractivity contribution in [3.05, 3.63) is 35.9 Å². The molecule has 1 aromatic carbocycles. The van der Waals surface area contributed by atoms with Crippen LogP contribution in [0, 0.1) is 11.3 Å². The van der Waals surface area contributed by atoms with E-state index in [4.69, 9.17) is 5.26 Å². The molecule has 1 aliphatic rings. The van der Waals surface area contributed by atoms with Crippen LogP contribution in [0.3, 0.4) is 0 Å². The second-order valence-corrected chi connectivity index (χ2v) is 4.84. The Hall–Kier alpha value is -1.86. The van der Waals surface area contributed by atoms with Crippen LogP contribution in [-0.2, 0) is 0 Å². The van der Waals surface area contributed by atoms with Gasteiger partial charge in [0.05, 0.1) is 16.3 Å². The lowest BCUT2D eigenvalue weighted by Crippen LogP contribution is -2.27. The first-order valence-corrected chi connectivity index (χ1v) is 6.35. The second kappa shape index (κ2) is 4.19. The lowest BCUT2D eigenvalue weighted by atomic mass is 10.1. The van der Waals surface area contributed by atoms with Crippen LogP contribution >= 0.6 is 11.5 Å². The first-order valence-electron chi connectivity index (χ1n) is 5.58. The van der Waals surface area contributed by atoms with E-state index in [1.165, 1.54) is 11.5 Å². The smallest absolute Gasteiger partial charge is 0.150 e. The summed E-state index contributed by atoms with van der Waals surface area (Å²) in [5, 5.41) is 10.0. The van der Waals surface area contributed by atoms with Crippen LogP contribution in [0.5, 0.6) is 0 Å². The third-order valence-electron chi connectivity index (χ3n) is 2.94. The number of fused-ring (bicyclic) bond motifs is 1. The molecule has 0 fully saturated rings. The van der Waals surface area contributed by atoms with Crippen LogP contribution in [0.15, 0.2) is 30.4 Å². The maximum Gasteiger partial charge on any atom is 0.150 e. The van der Waals surface area contributed by atoms with Crippen LogP contribution in [-0.4, -0.2) is 17.5 Å². The minimum absolute atomic E-state index is 0.700. The minimum atomic E-state index is 0.700. The van der Waals surface area contributed by atoms with Crippen molar-refractivity contribution in [3.8, 4) is 6.07 Å². The molecule has 2 heterocycles. The van der Waals surface area contributed by atoms with Gasteiger partial charge in [0.2, 0.25) is 0 Å². The normalized spacial score (nSPS) is 15.1. The van der Waals surface area contributed by atoms with Gasteiger partial charge in [0.15, 0.2) is 5.82 Å². The first-order chi connectivity index (χ1) is 8.38. The number of benzene rings is 1. The van der Waals surface area contributed by atoms with Gasteiger partial charge in [-0.25, -0.2) is 0 Å². The van der Waals surface area contributed by atoms with Crippen molar-refractivity contribution in [2.24, 2.45) is 0 Å². The van der Waals surface area contributed by atoms with Crippen LogP contribution in [0.25, 0.3) is 10.1 Å². The predicted octanol–water partition coefficient (Wildman–Crippen LogP) is 2.93. The van der Waals surface area contributed by atoms with Crippen molar-refractivity contribution in [2.45, 2.75) is 6.42 Å². The van der Waals surface area contributed by atoms with Crippen LogP contribution in [0.1, 0.15) is 12.0 Å². The third kappa shape index (κ3) is 1.79. The second-order valence-electron chi connectivity index (χ2n) is 4.04. The van der Waals surface area contributed by atoms with Gasteiger partial charge in [0.25, 0.3) is 0 Å². The molecule has 0 N–H and O–H groups in total. The van der Waals surface area contributed by atoms with Gasteiger partial charge in [-0.2, -0.15) is 9.64 Å². The van der Waals surface area contributed by atoms with E-state index in [9.17, 15) is 0 Å². The number of nitrogens with zero attached hydrogens (tertiary/aromatic N) is 3. The Morgan fingerprint density at radius 2 is 2.29 bits per heavy atom. The Bertz CT molecular complexity index is 621. The van der Waals surface area contributed by atoms with Crippen molar-refractivity contribution >= 4 is 27.4 Å². The molecule has 0 saturated heterocycles. The maximum atomic E-state index is 8.94. The summed E-state index contributed by atoms with van der Waals surface area (Å²) in [4.78, 5) is 2.26. The van der Waals surface area contributed by atoms with Gasteiger partial charge in [-0.05, 0) is 36.2 Å². The van der Waals surface area contributed by atoms with E-state index < -0.39 is 0 Å². The summed E-state index contributed by atoms with van der Waals surface area (Å²) in [6.07, 6.45) is 5.44. The monoisotopic (exact) mass is 241 g/mol. The van der Waals surface area contributed by atoms with Crippen molar-refractivity contribution < 1.29 is 0 Å². The summed E-state index contributed by atoms with van der Waals surface area (Å²) in [7, 11) is 0. The van der Waals surface area contributed by atoms with Gasteiger partial charge >= 0.3 is 0 Å². The van der Waals surface area contributed by atoms with Crippen molar-refractivity contribution in [1.29, 1.82) is 5.26 Å². The molecule has 0 saturated carbocycles. The lowest BCUT2D eigenvalue weighted by Gasteiger charge is -2.23. The molecule has 1 aliphatic heterocycles. The highest BCUT2D eigenvalue weighted by Crippen LogP contribution is 2.31. The fraction of sp³-hybridized carbons (Fsp3) is 0.231. The van der Waals surface area contributed by atoms with E-state index in [1.807, 2.05) is 18.2 Å². The maximum absolute atomic E-state index is 8.94. The molecule has 84 valence electrons. The molecule has 2 aromatic rings. The van der Waals surface area contributed by atoms with E-state index in [1.54, 1.807) is 0 Å². The summed E-state index contributed by atoms with van der Waals surface area (Å²) in [6, 6.07) is 7.95.